The number of benzene rings is 1. The molecule has 0 aliphatic rings. The highest BCUT2D eigenvalue weighted by Crippen LogP contribution is 2.17. The zero-order chi connectivity index (χ0) is 18.2. The third-order valence-electron chi connectivity index (χ3n) is 3.57. The SMILES string of the molecule is Cc1ccc([C@@H](CC(=O)[O-])NC(=O)CCNC(=O)c2ccco2)cc1. The quantitative estimate of drug-likeness (QED) is 0.733. The van der Waals surface area contributed by atoms with Gasteiger partial charge in [-0.2, -0.15) is 0 Å². The molecule has 1 heterocycles. The predicted molar refractivity (Wildman–Crippen MR) is 87.3 cm³/mol. The summed E-state index contributed by atoms with van der Waals surface area (Å²) in [6, 6.07) is 9.64. The number of carboxylic acid groups (broad SMARTS) is 1. The first-order valence-corrected chi connectivity index (χ1v) is 7.83. The van der Waals surface area contributed by atoms with Crippen molar-refractivity contribution in [3.05, 3.63) is 59.5 Å². The number of rotatable bonds is 8. The van der Waals surface area contributed by atoms with Gasteiger partial charge in [-0.1, -0.05) is 29.8 Å². The van der Waals surface area contributed by atoms with Gasteiger partial charge in [-0.05, 0) is 24.6 Å². The maximum Gasteiger partial charge on any atom is 0.286 e. The van der Waals surface area contributed by atoms with Crippen LogP contribution in [-0.4, -0.2) is 24.3 Å². The molecule has 25 heavy (non-hydrogen) atoms. The summed E-state index contributed by atoms with van der Waals surface area (Å²) in [7, 11) is 0. The lowest BCUT2D eigenvalue weighted by Crippen LogP contribution is -2.36. The van der Waals surface area contributed by atoms with Crippen LogP contribution in [0.25, 0.3) is 0 Å². The summed E-state index contributed by atoms with van der Waals surface area (Å²) < 4.78 is 4.94. The van der Waals surface area contributed by atoms with E-state index < -0.39 is 17.9 Å². The van der Waals surface area contributed by atoms with Crippen LogP contribution in [0.5, 0.6) is 0 Å². The topological polar surface area (TPSA) is 111 Å². The molecule has 7 heteroatoms. The number of carbonyl (C=O) groups excluding carboxylic acids is 3. The van der Waals surface area contributed by atoms with Gasteiger partial charge in [0, 0.05) is 25.4 Å². The van der Waals surface area contributed by atoms with Crippen molar-refractivity contribution in [3.8, 4) is 0 Å². The van der Waals surface area contributed by atoms with Crippen LogP contribution in [-0.2, 0) is 9.59 Å². The van der Waals surface area contributed by atoms with E-state index in [4.69, 9.17) is 4.42 Å². The highest BCUT2D eigenvalue weighted by molar-refractivity contribution is 5.91. The Hall–Kier alpha value is -3.09. The molecule has 0 unspecified atom stereocenters. The van der Waals surface area contributed by atoms with Gasteiger partial charge >= 0.3 is 0 Å². The minimum absolute atomic E-state index is 0.0157. The number of hydrogen-bond acceptors (Lipinski definition) is 5. The number of hydrogen-bond donors (Lipinski definition) is 2. The van der Waals surface area contributed by atoms with Crippen LogP contribution in [0.3, 0.4) is 0 Å². The van der Waals surface area contributed by atoms with E-state index in [0.717, 1.165) is 5.56 Å². The second-order valence-electron chi connectivity index (χ2n) is 5.59. The van der Waals surface area contributed by atoms with Gasteiger partial charge in [-0.3, -0.25) is 9.59 Å². The van der Waals surface area contributed by atoms with E-state index in [0.29, 0.717) is 5.56 Å². The fourth-order valence-corrected chi connectivity index (χ4v) is 2.27. The maximum atomic E-state index is 12.0. The van der Waals surface area contributed by atoms with Crippen LogP contribution in [0.2, 0.25) is 0 Å². The minimum atomic E-state index is -1.25. The summed E-state index contributed by atoms with van der Waals surface area (Å²) in [5.41, 5.74) is 1.71. The molecule has 0 saturated heterocycles. The lowest BCUT2D eigenvalue weighted by molar-refractivity contribution is -0.306. The van der Waals surface area contributed by atoms with Gasteiger partial charge in [0.15, 0.2) is 5.76 Å². The second kappa shape index (κ2) is 8.68. The summed E-state index contributed by atoms with van der Waals surface area (Å²) in [5.74, 6) is -1.87. The number of carbonyl (C=O) groups is 3. The van der Waals surface area contributed by atoms with Gasteiger partial charge < -0.3 is 25.0 Å². The first-order valence-electron chi connectivity index (χ1n) is 7.83. The van der Waals surface area contributed by atoms with Crippen molar-refractivity contribution in [1.29, 1.82) is 0 Å². The molecule has 1 atom stereocenters. The van der Waals surface area contributed by atoms with Crippen molar-refractivity contribution in [1.82, 2.24) is 10.6 Å². The van der Waals surface area contributed by atoms with Crippen molar-refractivity contribution < 1.29 is 23.9 Å². The Morgan fingerprint density at radius 3 is 2.48 bits per heavy atom. The van der Waals surface area contributed by atoms with E-state index in [1.54, 1.807) is 18.2 Å². The molecule has 0 aliphatic carbocycles. The minimum Gasteiger partial charge on any atom is -0.550 e. The third-order valence-corrected chi connectivity index (χ3v) is 3.57. The second-order valence-corrected chi connectivity index (χ2v) is 5.59. The summed E-state index contributed by atoms with van der Waals surface area (Å²) in [6.07, 6.45) is 1.07. The van der Waals surface area contributed by atoms with Crippen LogP contribution in [0.4, 0.5) is 0 Å². The van der Waals surface area contributed by atoms with Crippen molar-refractivity contribution in [2.75, 3.05) is 6.54 Å². The van der Waals surface area contributed by atoms with Gasteiger partial charge in [0.2, 0.25) is 5.91 Å². The largest absolute Gasteiger partial charge is 0.550 e. The van der Waals surface area contributed by atoms with Crippen molar-refractivity contribution >= 4 is 17.8 Å². The molecule has 1 aromatic carbocycles. The van der Waals surface area contributed by atoms with Crippen LogP contribution >= 0.6 is 0 Å². The number of amides is 2. The molecule has 0 bridgehead atoms. The van der Waals surface area contributed by atoms with E-state index in [1.165, 1.54) is 12.3 Å². The van der Waals surface area contributed by atoms with Gasteiger partial charge in [0.1, 0.15) is 0 Å². The monoisotopic (exact) mass is 343 g/mol. The van der Waals surface area contributed by atoms with Gasteiger partial charge in [-0.15, -0.1) is 0 Å². The average molecular weight is 343 g/mol. The summed E-state index contributed by atoms with van der Waals surface area (Å²) in [5, 5.41) is 16.1. The molecule has 2 rings (SSSR count). The Morgan fingerprint density at radius 2 is 1.88 bits per heavy atom. The molecular weight excluding hydrogens is 324 g/mol. The molecule has 2 amide bonds. The summed E-state index contributed by atoms with van der Waals surface area (Å²) in [6.45, 7) is 2.02. The lowest BCUT2D eigenvalue weighted by Gasteiger charge is -2.20. The summed E-state index contributed by atoms with van der Waals surface area (Å²) in [4.78, 5) is 34.7. The maximum absolute atomic E-state index is 12.0. The Kier molecular flexibility index (Phi) is 6.33. The lowest BCUT2D eigenvalue weighted by atomic mass is 10.0. The Labute approximate surface area is 145 Å². The number of aliphatic carboxylic acids is 1. The van der Waals surface area contributed by atoms with Crippen LogP contribution in [0.1, 0.15) is 40.6 Å². The number of aryl methyl sites for hydroxylation is 1. The number of nitrogens with one attached hydrogen (secondary N) is 2. The third kappa shape index (κ3) is 5.80. The molecule has 1 aromatic heterocycles. The Balaban J connectivity index is 1.87. The van der Waals surface area contributed by atoms with E-state index in [9.17, 15) is 19.5 Å². The molecule has 2 N–H and O–H groups in total. The van der Waals surface area contributed by atoms with Gasteiger partial charge in [-0.25, -0.2) is 0 Å². The highest BCUT2D eigenvalue weighted by Gasteiger charge is 2.15. The van der Waals surface area contributed by atoms with Crippen molar-refractivity contribution in [2.45, 2.75) is 25.8 Å². The van der Waals surface area contributed by atoms with E-state index in [2.05, 4.69) is 10.6 Å². The van der Waals surface area contributed by atoms with Crippen LogP contribution in [0.15, 0.2) is 47.1 Å². The molecule has 132 valence electrons. The molecule has 0 fully saturated rings. The number of carboxylic acids is 1. The molecule has 7 nitrogen and oxygen atoms in total. The zero-order valence-electron chi connectivity index (χ0n) is 13.8. The highest BCUT2D eigenvalue weighted by atomic mass is 16.4. The summed E-state index contributed by atoms with van der Waals surface area (Å²) >= 11 is 0. The van der Waals surface area contributed by atoms with Crippen molar-refractivity contribution in [3.63, 3.8) is 0 Å². The standard InChI is InChI=1S/C18H20N2O5/c1-12-4-6-13(7-5-12)14(11-17(22)23)20-16(21)8-9-19-18(24)15-3-2-10-25-15/h2-7,10,14H,8-9,11H2,1H3,(H,19,24)(H,20,21)(H,22,23)/p-1/t14-/m1/s1. The smallest absolute Gasteiger partial charge is 0.286 e. The van der Waals surface area contributed by atoms with Crippen LogP contribution < -0.4 is 15.7 Å². The Morgan fingerprint density at radius 1 is 1.16 bits per heavy atom. The first kappa shape index (κ1) is 18.3. The molecule has 0 saturated carbocycles. The molecular formula is C18H19N2O5-. The van der Waals surface area contributed by atoms with E-state index >= 15 is 0 Å². The fraction of sp³-hybridized carbons (Fsp3) is 0.278. The van der Waals surface area contributed by atoms with Crippen molar-refractivity contribution in [2.24, 2.45) is 0 Å². The normalized spacial score (nSPS) is 11.6. The van der Waals surface area contributed by atoms with Gasteiger partial charge in [0.05, 0.1) is 12.3 Å². The van der Waals surface area contributed by atoms with E-state index in [-0.39, 0.29) is 31.1 Å². The fourth-order valence-electron chi connectivity index (χ4n) is 2.27. The Bertz CT molecular complexity index is 722. The number of furan rings is 1. The molecule has 0 aliphatic heterocycles. The van der Waals surface area contributed by atoms with Gasteiger partial charge in [0.25, 0.3) is 5.91 Å². The van der Waals surface area contributed by atoms with Crippen LogP contribution in [0, 0.1) is 6.92 Å². The zero-order valence-corrected chi connectivity index (χ0v) is 13.8. The first-order chi connectivity index (χ1) is 12.0. The van der Waals surface area contributed by atoms with E-state index in [1.807, 2.05) is 19.1 Å². The molecule has 0 spiro atoms. The predicted octanol–water partition coefficient (Wildman–Crippen LogP) is 0.705. The average Bonchev–Trinajstić information content (AvgIpc) is 3.09. The molecule has 2 aromatic rings. The molecule has 0 radical (unpaired) electrons.